The monoisotopic (exact) mass is 223 g/mol. The third-order valence-corrected chi connectivity index (χ3v) is 1.73. The minimum absolute atomic E-state index is 0. The van der Waals surface area contributed by atoms with E-state index in [-0.39, 0.29) is 47.5 Å². The van der Waals surface area contributed by atoms with E-state index in [1.54, 1.807) is 19.9 Å². The molecular weight excluding hydrogens is 213 g/mol. The number of carboxylic acids is 1. The van der Waals surface area contributed by atoms with Crippen LogP contribution in [-0.2, 0) is 0 Å². The number of aryl methyl sites for hydroxylation is 3. The van der Waals surface area contributed by atoms with E-state index in [1.165, 1.54) is 0 Å². The molecule has 0 spiro atoms. The summed E-state index contributed by atoms with van der Waals surface area (Å²) in [6.07, 6.45) is 0. The molecule has 0 aliphatic carbocycles. The molecule has 1 rings (SSSR count). The van der Waals surface area contributed by atoms with E-state index >= 15 is 0 Å². The Kier molecular flexibility index (Phi) is 7.48. The molecule has 1 aromatic heterocycles. The quantitative estimate of drug-likeness (QED) is 0.508. The number of hydrogen-bond acceptors (Lipinski definition) is 3. The molecule has 0 amide bonds. The summed E-state index contributed by atoms with van der Waals surface area (Å²) in [5.41, 5.74) is 2.27. The summed E-state index contributed by atoms with van der Waals surface area (Å²) in [6.45, 7) is 5.25. The van der Waals surface area contributed by atoms with Gasteiger partial charge in [0.25, 0.3) is 0 Å². The van der Waals surface area contributed by atoms with Gasteiger partial charge in [-0.1, -0.05) is 0 Å². The van der Waals surface area contributed by atoms with Crippen LogP contribution >= 0.6 is 12.4 Å². The van der Waals surface area contributed by atoms with Crippen LogP contribution < -0.4 is 34.7 Å². The van der Waals surface area contributed by atoms with Crippen LogP contribution in [0.5, 0.6) is 0 Å². The molecule has 1 aromatic rings. The van der Waals surface area contributed by atoms with Crippen molar-refractivity contribution in [2.45, 2.75) is 20.8 Å². The van der Waals surface area contributed by atoms with Gasteiger partial charge in [-0.3, -0.25) is 4.98 Å². The van der Waals surface area contributed by atoms with Crippen LogP contribution in [0.2, 0.25) is 0 Å². The largest absolute Gasteiger partial charge is 1.00 e. The van der Waals surface area contributed by atoms with Crippen molar-refractivity contribution < 1.29 is 39.5 Å². The maximum atomic E-state index is 10.6. The fourth-order valence-electron chi connectivity index (χ4n) is 1.33. The standard InChI is InChI=1S/C9H11NO2.ClH.Na/c1-5-4-6(2)10-7(3)8(5)9(11)12;;/h4H,1-3H3,(H,11,12);1H;/q;;+1/p-1. The summed E-state index contributed by atoms with van der Waals surface area (Å²) in [5.74, 6) is -1.16. The minimum Gasteiger partial charge on any atom is -0.545 e. The Balaban J connectivity index is 0. The molecule has 72 valence electrons. The van der Waals surface area contributed by atoms with Crippen LogP contribution in [0, 0.1) is 20.8 Å². The van der Waals surface area contributed by atoms with E-state index in [2.05, 4.69) is 4.98 Å². The van der Waals surface area contributed by atoms with Gasteiger partial charge in [0.05, 0.1) is 5.97 Å². The van der Waals surface area contributed by atoms with Gasteiger partial charge in [0.15, 0.2) is 0 Å². The first-order valence-electron chi connectivity index (χ1n) is 3.68. The van der Waals surface area contributed by atoms with Crippen molar-refractivity contribution in [3.63, 3.8) is 0 Å². The van der Waals surface area contributed by atoms with Gasteiger partial charge in [-0.25, -0.2) is 0 Å². The van der Waals surface area contributed by atoms with Gasteiger partial charge >= 0.3 is 29.6 Å². The number of carboxylic acid groups (broad SMARTS) is 1. The molecule has 0 aromatic carbocycles. The molecule has 0 radical (unpaired) electrons. The van der Waals surface area contributed by atoms with Crippen LogP contribution in [0.1, 0.15) is 27.3 Å². The fraction of sp³-hybridized carbons (Fsp3) is 0.333. The van der Waals surface area contributed by atoms with Crippen molar-refractivity contribution in [1.82, 2.24) is 4.98 Å². The van der Waals surface area contributed by atoms with Crippen molar-refractivity contribution in [3.8, 4) is 0 Å². The smallest absolute Gasteiger partial charge is 0.545 e. The van der Waals surface area contributed by atoms with E-state index < -0.39 is 5.97 Å². The summed E-state index contributed by atoms with van der Waals surface area (Å²) in [7, 11) is 0. The van der Waals surface area contributed by atoms with Crippen molar-refractivity contribution >= 4 is 18.4 Å². The molecule has 0 fully saturated rings. The average Bonchev–Trinajstić information content (AvgIpc) is 1.82. The van der Waals surface area contributed by atoms with Gasteiger partial charge in [0.2, 0.25) is 0 Å². The molecular formula is C9H11ClNNaO2. The number of nitrogens with zero attached hydrogens (tertiary/aromatic N) is 1. The average molecular weight is 224 g/mol. The van der Waals surface area contributed by atoms with Crippen LogP contribution in [-0.4, -0.2) is 11.0 Å². The third-order valence-electron chi connectivity index (χ3n) is 1.73. The molecule has 0 unspecified atom stereocenters. The van der Waals surface area contributed by atoms with Gasteiger partial charge in [0, 0.05) is 17.0 Å². The number of hydrogen-bond donors (Lipinski definition) is 0. The van der Waals surface area contributed by atoms with Crippen LogP contribution in [0.3, 0.4) is 0 Å². The molecule has 0 saturated heterocycles. The molecule has 0 atom stereocenters. The molecule has 0 aliphatic rings. The Bertz CT molecular complexity index is 319. The second-order valence-electron chi connectivity index (χ2n) is 2.83. The minimum atomic E-state index is -1.16. The Morgan fingerprint density at radius 1 is 1.36 bits per heavy atom. The van der Waals surface area contributed by atoms with Gasteiger partial charge in [-0.2, -0.15) is 0 Å². The van der Waals surface area contributed by atoms with Crippen LogP contribution in [0.25, 0.3) is 0 Å². The first-order valence-corrected chi connectivity index (χ1v) is 3.68. The van der Waals surface area contributed by atoms with E-state index in [1.807, 2.05) is 6.92 Å². The summed E-state index contributed by atoms with van der Waals surface area (Å²) < 4.78 is 0. The maximum Gasteiger partial charge on any atom is 1.00 e. The summed E-state index contributed by atoms with van der Waals surface area (Å²) in [4.78, 5) is 14.6. The number of aromatic carboxylic acids is 1. The Labute approximate surface area is 112 Å². The van der Waals surface area contributed by atoms with E-state index in [0.29, 0.717) is 11.3 Å². The number of aromatic nitrogens is 1. The number of rotatable bonds is 1. The Morgan fingerprint density at radius 2 is 1.86 bits per heavy atom. The predicted octanol–water partition coefficient (Wildman–Crippen LogP) is -2.20. The van der Waals surface area contributed by atoms with Gasteiger partial charge < -0.3 is 9.90 Å². The van der Waals surface area contributed by atoms with E-state index in [0.717, 1.165) is 5.69 Å². The summed E-state index contributed by atoms with van der Waals surface area (Å²) in [6, 6.07) is 1.73. The third kappa shape index (κ3) is 3.58. The molecule has 0 saturated carbocycles. The molecule has 1 heterocycles. The summed E-state index contributed by atoms with van der Waals surface area (Å²) >= 11 is 0. The SMILES string of the molecule is Cc1cc(C)c(C(=O)[O-])c(C)n1.Cl.[Na+]. The van der Waals surface area contributed by atoms with Crippen LogP contribution in [0.15, 0.2) is 6.07 Å². The van der Waals surface area contributed by atoms with Gasteiger partial charge in [-0.05, 0) is 32.4 Å². The second-order valence-corrected chi connectivity index (χ2v) is 2.83. The van der Waals surface area contributed by atoms with E-state index in [9.17, 15) is 9.90 Å². The zero-order valence-electron chi connectivity index (χ0n) is 8.75. The van der Waals surface area contributed by atoms with Gasteiger partial charge in [-0.15, -0.1) is 12.4 Å². The fourth-order valence-corrected chi connectivity index (χ4v) is 1.33. The van der Waals surface area contributed by atoms with E-state index in [4.69, 9.17) is 0 Å². The number of carbonyl (C=O) groups excluding carboxylic acids is 1. The first kappa shape index (κ1) is 16.3. The number of carbonyl (C=O) groups is 1. The first-order chi connectivity index (χ1) is 5.52. The molecule has 3 nitrogen and oxygen atoms in total. The van der Waals surface area contributed by atoms with Crippen molar-refractivity contribution in [2.75, 3.05) is 0 Å². The number of halogens is 1. The summed E-state index contributed by atoms with van der Waals surface area (Å²) in [5, 5.41) is 10.6. The normalized spacial score (nSPS) is 8.50. The van der Waals surface area contributed by atoms with Gasteiger partial charge in [0.1, 0.15) is 0 Å². The molecule has 0 aliphatic heterocycles. The predicted molar refractivity (Wildman–Crippen MR) is 50.0 cm³/mol. The molecule has 14 heavy (non-hydrogen) atoms. The second kappa shape index (κ2) is 6.40. The Hall–Kier alpha value is -0.0900. The topological polar surface area (TPSA) is 53.0 Å². The van der Waals surface area contributed by atoms with Crippen molar-refractivity contribution in [3.05, 3.63) is 28.6 Å². The number of pyridine rings is 1. The van der Waals surface area contributed by atoms with Crippen molar-refractivity contribution in [1.29, 1.82) is 0 Å². The zero-order valence-corrected chi connectivity index (χ0v) is 11.6. The molecule has 0 bridgehead atoms. The van der Waals surface area contributed by atoms with Crippen LogP contribution in [0.4, 0.5) is 0 Å². The maximum absolute atomic E-state index is 10.6. The Morgan fingerprint density at radius 3 is 2.21 bits per heavy atom. The molecule has 5 heteroatoms. The van der Waals surface area contributed by atoms with Crippen molar-refractivity contribution in [2.24, 2.45) is 0 Å². The molecule has 0 N–H and O–H groups in total. The zero-order chi connectivity index (χ0) is 9.30.